The fourth-order valence-electron chi connectivity index (χ4n) is 1.94. The van der Waals surface area contributed by atoms with E-state index >= 15 is 0 Å². The third-order valence-electron chi connectivity index (χ3n) is 3.11. The molecular weight excluding hydrogens is 295 g/mol. The van der Waals surface area contributed by atoms with Gasteiger partial charge in [0.25, 0.3) is 0 Å². The average Bonchev–Trinajstić information content (AvgIpc) is 2.44. The highest BCUT2D eigenvalue weighted by atomic mass is 35.5. The van der Waals surface area contributed by atoms with Gasteiger partial charge in [-0.05, 0) is 38.5 Å². The molecule has 0 spiro atoms. The Hall–Kier alpha value is -1.62. The Balaban J connectivity index is 2.41. The maximum atomic E-state index is 13.1. The van der Waals surface area contributed by atoms with Crippen molar-refractivity contribution >= 4 is 29.1 Å². The minimum atomic E-state index is -0.466. The molecule has 0 saturated heterocycles. The highest BCUT2D eigenvalue weighted by Gasteiger charge is 2.11. The molecule has 116 valence electrons. The first-order valence-electron chi connectivity index (χ1n) is 7.00. The van der Waals surface area contributed by atoms with E-state index in [2.05, 4.69) is 5.32 Å². The summed E-state index contributed by atoms with van der Waals surface area (Å²) in [6, 6.07) is 3.78. The molecule has 0 unspecified atom stereocenters. The number of benzene rings is 1. The third kappa shape index (κ3) is 5.71. The number of carbonyl (C=O) groups is 2. The van der Waals surface area contributed by atoms with Crippen LogP contribution in [-0.4, -0.2) is 29.8 Å². The molecule has 0 aliphatic heterocycles. The van der Waals surface area contributed by atoms with Crippen LogP contribution in [-0.2, 0) is 9.59 Å². The van der Waals surface area contributed by atoms with Gasteiger partial charge in [-0.2, -0.15) is 0 Å². The predicted molar refractivity (Wildman–Crippen MR) is 81.8 cm³/mol. The third-order valence-corrected chi connectivity index (χ3v) is 3.44. The molecular formula is C15H20ClFN2O2. The van der Waals surface area contributed by atoms with E-state index in [9.17, 15) is 14.0 Å². The standard InChI is InChI=1S/C15H20ClFN2O2/c1-3-19(4-2)15(21)7-5-6-14(20)18-13-10-11(17)8-9-12(13)16/h8-10H,3-7H2,1-2H3,(H,18,20). The molecule has 0 aliphatic carbocycles. The molecule has 2 amide bonds. The van der Waals surface area contributed by atoms with Crippen molar-refractivity contribution in [3.05, 3.63) is 29.0 Å². The van der Waals surface area contributed by atoms with Gasteiger partial charge in [-0.1, -0.05) is 11.6 Å². The zero-order valence-electron chi connectivity index (χ0n) is 12.3. The molecule has 0 fully saturated rings. The van der Waals surface area contributed by atoms with Crippen molar-refractivity contribution < 1.29 is 14.0 Å². The summed E-state index contributed by atoms with van der Waals surface area (Å²) in [5, 5.41) is 2.83. The lowest BCUT2D eigenvalue weighted by Crippen LogP contribution is -2.30. The molecule has 21 heavy (non-hydrogen) atoms. The molecule has 0 saturated carbocycles. The van der Waals surface area contributed by atoms with Crippen molar-refractivity contribution in [2.45, 2.75) is 33.1 Å². The lowest BCUT2D eigenvalue weighted by Gasteiger charge is -2.18. The molecule has 0 radical (unpaired) electrons. The molecule has 0 bridgehead atoms. The number of halogens is 2. The summed E-state index contributed by atoms with van der Waals surface area (Å²) in [5.41, 5.74) is 0.247. The van der Waals surface area contributed by atoms with E-state index in [4.69, 9.17) is 11.6 Å². The maximum Gasteiger partial charge on any atom is 0.224 e. The highest BCUT2D eigenvalue weighted by Crippen LogP contribution is 2.22. The van der Waals surface area contributed by atoms with Crippen LogP contribution in [0.15, 0.2) is 18.2 Å². The van der Waals surface area contributed by atoms with Gasteiger partial charge in [0.1, 0.15) is 5.82 Å². The van der Waals surface area contributed by atoms with Crippen molar-refractivity contribution in [3.63, 3.8) is 0 Å². The molecule has 1 aromatic rings. The van der Waals surface area contributed by atoms with Gasteiger partial charge in [0.2, 0.25) is 11.8 Å². The van der Waals surface area contributed by atoms with Crippen molar-refractivity contribution in [2.24, 2.45) is 0 Å². The van der Waals surface area contributed by atoms with E-state index < -0.39 is 5.82 Å². The lowest BCUT2D eigenvalue weighted by molar-refractivity contribution is -0.130. The van der Waals surface area contributed by atoms with E-state index in [0.29, 0.717) is 25.9 Å². The smallest absolute Gasteiger partial charge is 0.224 e. The Morgan fingerprint density at radius 1 is 1.24 bits per heavy atom. The van der Waals surface area contributed by atoms with E-state index in [1.54, 1.807) is 4.90 Å². The first-order valence-corrected chi connectivity index (χ1v) is 7.38. The summed E-state index contributed by atoms with van der Waals surface area (Å²) in [6.07, 6.45) is 0.972. The van der Waals surface area contributed by atoms with Crippen molar-refractivity contribution in [2.75, 3.05) is 18.4 Å². The fourth-order valence-corrected chi connectivity index (χ4v) is 2.11. The van der Waals surface area contributed by atoms with Gasteiger partial charge in [0.05, 0.1) is 10.7 Å². The van der Waals surface area contributed by atoms with Crippen LogP contribution in [0.3, 0.4) is 0 Å². The van der Waals surface area contributed by atoms with Gasteiger partial charge >= 0.3 is 0 Å². The molecule has 0 aliphatic rings. The zero-order chi connectivity index (χ0) is 15.8. The number of hydrogen-bond donors (Lipinski definition) is 1. The normalized spacial score (nSPS) is 10.3. The Labute approximate surface area is 129 Å². The summed E-state index contributed by atoms with van der Waals surface area (Å²) in [5.74, 6) is -0.710. The van der Waals surface area contributed by atoms with Crippen molar-refractivity contribution in [3.8, 4) is 0 Å². The van der Waals surface area contributed by atoms with Crippen molar-refractivity contribution in [1.29, 1.82) is 0 Å². The van der Waals surface area contributed by atoms with E-state index in [0.717, 1.165) is 0 Å². The van der Waals surface area contributed by atoms with E-state index in [-0.39, 0.29) is 28.9 Å². The van der Waals surface area contributed by atoms with Gasteiger partial charge in [-0.15, -0.1) is 0 Å². The van der Waals surface area contributed by atoms with Crippen molar-refractivity contribution in [1.82, 2.24) is 4.90 Å². The van der Waals surface area contributed by atoms with Gasteiger partial charge in [-0.25, -0.2) is 4.39 Å². The fraction of sp³-hybridized carbons (Fsp3) is 0.467. The van der Waals surface area contributed by atoms with Gasteiger partial charge < -0.3 is 10.2 Å². The largest absolute Gasteiger partial charge is 0.343 e. The van der Waals surface area contributed by atoms with Gasteiger partial charge in [0, 0.05) is 25.9 Å². The summed E-state index contributed by atoms with van der Waals surface area (Å²) in [4.78, 5) is 25.2. The Morgan fingerprint density at radius 3 is 2.52 bits per heavy atom. The molecule has 1 rings (SSSR count). The molecule has 0 heterocycles. The second kappa shape index (κ2) is 8.62. The molecule has 6 heteroatoms. The monoisotopic (exact) mass is 314 g/mol. The van der Waals surface area contributed by atoms with E-state index in [1.807, 2.05) is 13.8 Å². The molecule has 4 nitrogen and oxygen atoms in total. The Morgan fingerprint density at radius 2 is 1.90 bits per heavy atom. The quantitative estimate of drug-likeness (QED) is 0.838. The highest BCUT2D eigenvalue weighted by molar-refractivity contribution is 6.33. The number of carbonyl (C=O) groups excluding carboxylic acids is 2. The molecule has 0 aromatic heterocycles. The molecule has 1 aromatic carbocycles. The minimum Gasteiger partial charge on any atom is -0.343 e. The maximum absolute atomic E-state index is 13.1. The number of hydrogen-bond acceptors (Lipinski definition) is 2. The average molecular weight is 315 g/mol. The van der Waals surface area contributed by atoms with Crippen LogP contribution in [0.5, 0.6) is 0 Å². The zero-order valence-corrected chi connectivity index (χ0v) is 13.0. The number of rotatable bonds is 7. The number of nitrogens with one attached hydrogen (secondary N) is 1. The van der Waals surface area contributed by atoms with Gasteiger partial charge in [-0.3, -0.25) is 9.59 Å². The van der Waals surface area contributed by atoms with E-state index in [1.165, 1.54) is 18.2 Å². The second-order valence-electron chi connectivity index (χ2n) is 4.59. The summed E-state index contributed by atoms with van der Waals surface area (Å²) in [7, 11) is 0. The Kier molecular flexibility index (Phi) is 7.15. The van der Waals surface area contributed by atoms with Gasteiger partial charge in [0.15, 0.2) is 0 Å². The number of nitrogens with zero attached hydrogens (tertiary/aromatic N) is 1. The SMILES string of the molecule is CCN(CC)C(=O)CCCC(=O)Nc1cc(F)ccc1Cl. The summed E-state index contributed by atoms with van der Waals surface area (Å²) >= 11 is 5.86. The summed E-state index contributed by atoms with van der Waals surface area (Å²) in [6.45, 7) is 5.17. The Bertz CT molecular complexity index is 504. The van der Waals surface area contributed by atoms with Crippen LogP contribution in [0.1, 0.15) is 33.1 Å². The van der Waals surface area contributed by atoms with Crippen LogP contribution in [0, 0.1) is 5.82 Å². The number of anilines is 1. The second-order valence-corrected chi connectivity index (χ2v) is 5.00. The molecule has 1 N–H and O–H groups in total. The topological polar surface area (TPSA) is 49.4 Å². The van der Waals surface area contributed by atoms with Crippen LogP contribution in [0.25, 0.3) is 0 Å². The van der Waals surface area contributed by atoms with Crippen LogP contribution in [0.2, 0.25) is 5.02 Å². The predicted octanol–water partition coefficient (Wildman–Crippen LogP) is 3.46. The number of amides is 2. The van der Waals surface area contributed by atoms with Crippen LogP contribution < -0.4 is 5.32 Å². The molecule has 0 atom stereocenters. The van der Waals surface area contributed by atoms with Crippen LogP contribution >= 0.6 is 11.6 Å². The summed E-state index contributed by atoms with van der Waals surface area (Å²) < 4.78 is 13.1. The first-order chi connectivity index (χ1) is 9.97. The minimum absolute atomic E-state index is 0.0385. The van der Waals surface area contributed by atoms with Crippen LogP contribution in [0.4, 0.5) is 10.1 Å². The lowest BCUT2D eigenvalue weighted by atomic mass is 10.2. The first kappa shape index (κ1) is 17.4.